The SMILES string of the molecule is COCN(C1CCCCC1)S(=O)(=O)O.Cl. The maximum atomic E-state index is 11.0. The van der Waals surface area contributed by atoms with E-state index < -0.39 is 10.3 Å². The van der Waals surface area contributed by atoms with Crippen LogP contribution in [0.1, 0.15) is 32.1 Å². The van der Waals surface area contributed by atoms with Gasteiger partial charge in [0, 0.05) is 13.2 Å². The molecule has 0 aromatic rings. The Morgan fingerprint density at radius 3 is 2.27 bits per heavy atom. The molecule has 1 aliphatic carbocycles. The van der Waals surface area contributed by atoms with Gasteiger partial charge in [-0.2, -0.15) is 12.7 Å². The van der Waals surface area contributed by atoms with Crippen molar-refractivity contribution >= 4 is 22.7 Å². The second-order valence-corrected chi connectivity index (χ2v) is 4.94. The summed E-state index contributed by atoms with van der Waals surface area (Å²) in [7, 11) is -2.70. The van der Waals surface area contributed by atoms with Crippen LogP contribution in [0.25, 0.3) is 0 Å². The van der Waals surface area contributed by atoms with Crippen LogP contribution in [0, 0.1) is 0 Å². The van der Waals surface area contributed by atoms with Gasteiger partial charge in [0.25, 0.3) is 0 Å². The van der Waals surface area contributed by atoms with Crippen LogP contribution < -0.4 is 0 Å². The molecule has 0 aliphatic heterocycles. The number of halogens is 1. The fourth-order valence-electron chi connectivity index (χ4n) is 1.86. The van der Waals surface area contributed by atoms with E-state index in [1.807, 2.05) is 0 Å². The molecule has 1 N–H and O–H groups in total. The molecule has 0 unspecified atom stereocenters. The Hall–Kier alpha value is 0.120. The summed E-state index contributed by atoms with van der Waals surface area (Å²) in [5.41, 5.74) is 0. The van der Waals surface area contributed by atoms with Crippen LogP contribution in [0.4, 0.5) is 0 Å². The number of hydrogen-bond donors (Lipinski definition) is 1. The predicted molar refractivity (Wildman–Crippen MR) is 59.4 cm³/mol. The molecule has 0 atom stereocenters. The van der Waals surface area contributed by atoms with Crippen molar-refractivity contribution in [1.29, 1.82) is 0 Å². The maximum absolute atomic E-state index is 11.0. The predicted octanol–water partition coefficient (Wildman–Crippen LogP) is 1.45. The molecule has 92 valence electrons. The molecule has 0 aromatic carbocycles. The zero-order valence-corrected chi connectivity index (χ0v) is 10.4. The lowest BCUT2D eigenvalue weighted by Gasteiger charge is -2.30. The van der Waals surface area contributed by atoms with E-state index in [2.05, 4.69) is 0 Å². The molecule has 0 radical (unpaired) electrons. The summed E-state index contributed by atoms with van der Waals surface area (Å²) in [5, 5.41) is 0. The Labute approximate surface area is 97.1 Å². The van der Waals surface area contributed by atoms with Gasteiger partial charge in [-0.25, -0.2) is 0 Å². The minimum Gasteiger partial charge on any atom is -0.368 e. The van der Waals surface area contributed by atoms with Gasteiger partial charge >= 0.3 is 10.3 Å². The van der Waals surface area contributed by atoms with Crippen molar-refractivity contribution in [2.75, 3.05) is 13.8 Å². The molecule has 0 amide bonds. The molecule has 1 saturated carbocycles. The van der Waals surface area contributed by atoms with E-state index in [-0.39, 0.29) is 25.2 Å². The number of methoxy groups -OCH3 is 1. The second-order valence-electron chi connectivity index (χ2n) is 3.57. The standard InChI is InChI=1S/C8H17NO4S.ClH/c1-13-7-9(14(10,11)12)8-5-3-2-4-6-8;/h8H,2-7H2,1H3,(H,10,11,12);1H. The van der Waals surface area contributed by atoms with Gasteiger partial charge in [-0.1, -0.05) is 19.3 Å². The average Bonchev–Trinajstić information content (AvgIpc) is 2.14. The molecular weight excluding hydrogens is 242 g/mol. The minimum atomic E-state index is -4.12. The Balaban J connectivity index is 0.00000196. The molecule has 15 heavy (non-hydrogen) atoms. The quantitative estimate of drug-likeness (QED) is 0.613. The molecule has 0 aromatic heterocycles. The van der Waals surface area contributed by atoms with E-state index in [1.54, 1.807) is 0 Å². The van der Waals surface area contributed by atoms with E-state index >= 15 is 0 Å². The van der Waals surface area contributed by atoms with E-state index in [1.165, 1.54) is 7.11 Å². The van der Waals surface area contributed by atoms with Crippen molar-refractivity contribution < 1.29 is 17.7 Å². The number of ether oxygens (including phenoxy) is 1. The third-order valence-corrected chi connectivity index (χ3v) is 3.53. The highest BCUT2D eigenvalue weighted by atomic mass is 35.5. The van der Waals surface area contributed by atoms with Crippen LogP contribution in [-0.2, 0) is 15.0 Å². The van der Waals surface area contributed by atoms with Crippen molar-refractivity contribution in [3.05, 3.63) is 0 Å². The zero-order chi connectivity index (χ0) is 10.6. The van der Waals surface area contributed by atoms with Crippen molar-refractivity contribution in [3.8, 4) is 0 Å². The lowest BCUT2D eigenvalue weighted by atomic mass is 9.96. The van der Waals surface area contributed by atoms with Crippen molar-refractivity contribution in [2.45, 2.75) is 38.1 Å². The van der Waals surface area contributed by atoms with Gasteiger partial charge in [-0.3, -0.25) is 4.55 Å². The highest BCUT2D eigenvalue weighted by Gasteiger charge is 2.29. The molecule has 1 rings (SSSR count). The second kappa shape index (κ2) is 6.65. The van der Waals surface area contributed by atoms with E-state index in [4.69, 9.17) is 9.29 Å². The Bertz CT molecular complexity index is 264. The number of nitrogens with zero attached hydrogens (tertiary/aromatic N) is 1. The van der Waals surface area contributed by atoms with Crippen LogP contribution in [0.2, 0.25) is 0 Å². The van der Waals surface area contributed by atoms with Gasteiger partial charge in [0.05, 0.1) is 0 Å². The fraction of sp³-hybridized carbons (Fsp3) is 1.00. The van der Waals surface area contributed by atoms with Crippen molar-refractivity contribution in [2.24, 2.45) is 0 Å². The third-order valence-electron chi connectivity index (χ3n) is 2.53. The Morgan fingerprint density at radius 1 is 1.33 bits per heavy atom. The molecule has 0 saturated heterocycles. The van der Waals surface area contributed by atoms with E-state index in [9.17, 15) is 8.42 Å². The van der Waals surface area contributed by atoms with Crippen LogP contribution in [-0.4, -0.2) is 37.2 Å². The lowest BCUT2D eigenvalue weighted by Crippen LogP contribution is -2.42. The Kier molecular flexibility index (Phi) is 6.70. The zero-order valence-electron chi connectivity index (χ0n) is 8.76. The first-order chi connectivity index (χ1) is 6.55. The van der Waals surface area contributed by atoms with Crippen molar-refractivity contribution in [1.82, 2.24) is 4.31 Å². The summed E-state index contributed by atoms with van der Waals surface area (Å²) < 4.78 is 36.8. The highest BCUT2D eigenvalue weighted by Crippen LogP contribution is 2.23. The van der Waals surface area contributed by atoms with Gasteiger partial charge in [0.15, 0.2) is 0 Å². The van der Waals surface area contributed by atoms with Crippen LogP contribution >= 0.6 is 12.4 Å². The fourth-order valence-corrected chi connectivity index (χ4v) is 2.68. The molecule has 5 nitrogen and oxygen atoms in total. The maximum Gasteiger partial charge on any atom is 0.338 e. The average molecular weight is 260 g/mol. The van der Waals surface area contributed by atoms with Crippen LogP contribution in [0.5, 0.6) is 0 Å². The Morgan fingerprint density at radius 2 is 1.87 bits per heavy atom. The van der Waals surface area contributed by atoms with Gasteiger partial charge < -0.3 is 4.74 Å². The summed E-state index contributed by atoms with van der Waals surface area (Å²) >= 11 is 0. The number of rotatable bonds is 4. The highest BCUT2D eigenvalue weighted by molar-refractivity contribution is 7.83. The summed E-state index contributed by atoms with van der Waals surface area (Å²) in [4.78, 5) is 0. The van der Waals surface area contributed by atoms with Crippen LogP contribution in [0.15, 0.2) is 0 Å². The normalized spacial score (nSPS) is 18.9. The smallest absolute Gasteiger partial charge is 0.338 e. The van der Waals surface area contributed by atoms with Crippen molar-refractivity contribution in [3.63, 3.8) is 0 Å². The lowest BCUT2D eigenvalue weighted by molar-refractivity contribution is 0.0750. The molecule has 7 heteroatoms. The first kappa shape index (κ1) is 15.1. The largest absolute Gasteiger partial charge is 0.368 e. The summed E-state index contributed by atoms with van der Waals surface area (Å²) in [6, 6.07) is -0.0984. The number of hydrogen-bond acceptors (Lipinski definition) is 3. The monoisotopic (exact) mass is 259 g/mol. The molecule has 0 spiro atoms. The van der Waals surface area contributed by atoms with Gasteiger partial charge in [0.1, 0.15) is 6.73 Å². The molecule has 0 heterocycles. The third kappa shape index (κ3) is 4.65. The molecular formula is C8H18ClNO4S. The first-order valence-corrected chi connectivity index (χ1v) is 6.18. The van der Waals surface area contributed by atoms with Gasteiger partial charge in [-0.05, 0) is 12.8 Å². The molecule has 1 fully saturated rings. The summed E-state index contributed by atoms with van der Waals surface area (Å²) in [5.74, 6) is 0. The van der Waals surface area contributed by atoms with Gasteiger partial charge in [0.2, 0.25) is 0 Å². The summed E-state index contributed by atoms with van der Waals surface area (Å²) in [6.45, 7) is -0.0660. The minimum absolute atomic E-state index is 0. The van der Waals surface area contributed by atoms with Crippen LogP contribution in [0.3, 0.4) is 0 Å². The topological polar surface area (TPSA) is 66.8 Å². The van der Waals surface area contributed by atoms with Gasteiger partial charge in [-0.15, -0.1) is 12.4 Å². The van der Waals surface area contributed by atoms with E-state index in [0.717, 1.165) is 36.4 Å². The summed E-state index contributed by atoms with van der Waals surface area (Å²) in [6.07, 6.45) is 4.79. The first-order valence-electron chi connectivity index (χ1n) is 4.79. The van der Waals surface area contributed by atoms with E-state index in [0.29, 0.717) is 0 Å². The molecule has 0 bridgehead atoms. The molecule has 1 aliphatic rings.